The maximum atomic E-state index is 11.9. The first-order valence-electron chi connectivity index (χ1n) is 10.5. The molecule has 1 aromatic carbocycles. The number of carbonyl (C=O) groups is 2. The van der Waals surface area contributed by atoms with Crippen LogP contribution < -0.4 is 10.1 Å². The van der Waals surface area contributed by atoms with Crippen LogP contribution in [0, 0.1) is 0 Å². The third kappa shape index (κ3) is 13.1. The first-order valence-corrected chi connectivity index (χ1v) is 12.2. The standard InChI is InChI=1S/C17H13BrN2O5S.C8H4.C5H4/c1-23-11-4-2-10(3-5-11)12-9-26-17(19-12)20-15(21)8-24-16(22)13-6-7-14(18)25-13;1-3-5-7-8-6-4-2;1-3-5-4-2/h2-7,9H,8H2,1H3,(H,19,20,21);1-2H2;1-2H2. The van der Waals surface area contributed by atoms with Crippen LogP contribution in [-0.2, 0) is 9.53 Å². The number of hydrogen-bond donors (Lipinski definition) is 1. The fraction of sp³-hybridized carbons (Fsp3) is 0.0667. The van der Waals surface area contributed by atoms with Crippen molar-refractivity contribution in [3.05, 3.63) is 130 Å². The topological polar surface area (TPSA) is 90.7 Å². The summed E-state index contributed by atoms with van der Waals surface area (Å²) in [5.74, 6) is -0.438. The molecule has 0 bridgehead atoms. The van der Waals surface area contributed by atoms with Gasteiger partial charge in [-0.3, -0.25) is 10.1 Å². The third-order valence-corrected chi connectivity index (χ3v) is 4.97. The minimum atomic E-state index is -0.719. The average molecular weight is 601 g/mol. The number of nitrogens with zero attached hydrogens (tertiary/aromatic N) is 1. The lowest BCUT2D eigenvalue weighted by Gasteiger charge is -2.03. The van der Waals surface area contributed by atoms with Gasteiger partial charge in [0.2, 0.25) is 5.76 Å². The van der Waals surface area contributed by atoms with E-state index in [1.54, 1.807) is 13.2 Å². The van der Waals surface area contributed by atoms with Gasteiger partial charge in [0.1, 0.15) is 5.75 Å². The van der Waals surface area contributed by atoms with Gasteiger partial charge in [0.15, 0.2) is 16.4 Å². The Morgan fingerprint density at radius 2 is 1.56 bits per heavy atom. The predicted octanol–water partition coefficient (Wildman–Crippen LogP) is 6.97. The fourth-order valence-electron chi connectivity index (χ4n) is 2.22. The Kier molecular flexibility index (Phi) is 15.6. The van der Waals surface area contributed by atoms with Crippen LogP contribution >= 0.6 is 27.3 Å². The maximum Gasteiger partial charge on any atom is 0.374 e. The minimum absolute atomic E-state index is 0.0146. The second-order valence-corrected chi connectivity index (χ2v) is 7.97. The van der Waals surface area contributed by atoms with Gasteiger partial charge in [0.05, 0.1) is 12.8 Å². The van der Waals surface area contributed by atoms with Crippen LogP contribution in [0.2, 0.25) is 0 Å². The van der Waals surface area contributed by atoms with Gasteiger partial charge in [-0.15, -0.1) is 11.3 Å². The quantitative estimate of drug-likeness (QED) is 0.243. The summed E-state index contributed by atoms with van der Waals surface area (Å²) in [6.45, 7) is 12.5. The Balaban J connectivity index is 0.000000487. The van der Waals surface area contributed by atoms with Crippen molar-refractivity contribution in [3.63, 3.8) is 0 Å². The van der Waals surface area contributed by atoms with Gasteiger partial charge in [0.25, 0.3) is 5.91 Å². The van der Waals surface area contributed by atoms with Crippen molar-refractivity contribution in [2.45, 2.75) is 0 Å². The summed E-state index contributed by atoms with van der Waals surface area (Å²) >= 11 is 4.36. The van der Waals surface area contributed by atoms with Crippen molar-refractivity contribution in [2.24, 2.45) is 0 Å². The van der Waals surface area contributed by atoms with E-state index in [0.717, 1.165) is 17.0 Å². The van der Waals surface area contributed by atoms with Crippen LogP contribution in [0.25, 0.3) is 11.3 Å². The van der Waals surface area contributed by atoms with Crippen molar-refractivity contribution >= 4 is 44.3 Å². The van der Waals surface area contributed by atoms with Gasteiger partial charge in [-0.2, -0.15) is 0 Å². The smallest absolute Gasteiger partial charge is 0.374 e. The van der Waals surface area contributed by atoms with Crippen LogP contribution in [-0.4, -0.2) is 30.6 Å². The van der Waals surface area contributed by atoms with Gasteiger partial charge in [-0.1, -0.05) is 22.9 Å². The highest BCUT2D eigenvalue weighted by Gasteiger charge is 2.15. The lowest BCUT2D eigenvalue weighted by molar-refractivity contribution is -0.119. The van der Waals surface area contributed by atoms with E-state index in [1.165, 1.54) is 17.4 Å². The Labute approximate surface area is 238 Å². The molecule has 2 heterocycles. The molecule has 194 valence electrons. The first-order chi connectivity index (χ1) is 18.9. The molecule has 0 saturated heterocycles. The minimum Gasteiger partial charge on any atom is -0.497 e. The van der Waals surface area contributed by atoms with Gasteiger partial charge >= 0.3 is 5.97 Å². The van der Waals surface area contributed by atoms with Crippen molar-refractivity contribution in [1.29, 1.82) is 0 Å². The summed E-state index contributed by atoms with van der Waals surface area (Å²) in [5, 5.41) is 4.83. The Bertz CT molecular complexity index is 1570. The highest BCUT2D eigenvalue weighted by molar-refractivity contribution is 9.10. The van der Waals surface area contributed by atoms with Crippen LogP contribution in [0.4, 0.5) is 5.13 Å². The van der Waals surface area contributed by atoms with E-state index in [1.807, 2.05) is 29.6 Å². The zero-order valence-electron chi connectivity index (χ0n) is 20.9. The lowest BCUT2D eigenvalue weighted by Crippen LogP contribution is -2.20. The maximum absolute atomic E-state index is 11.9. The van der Waals surface area contributed by atoms with E-state index in [-0.39, 0.29) is 5.76 Å². The molecule has 0 saturated carbocycles. The Hall–Kier alpha value is -5.15. The largest absolute Gasteiger partial charge is 0.497 e. The zero-order valence-corrected chi connectivity index (χ0v) is 23.3. The molecule has 7 nitrogen and oxygen atoms in total. The number of thiazole rings is 1. The number of carbonyl (C=O) groups excluding carboxylic acids is 2. The molecule has 0 fully saturated rings. The van der Waals surface area contributed by atoms with E-state index in [2.05, 4.69) is 104 Å². The number of ether oxygens (including phenoxy) is 2. The SMILES string of the molecule is C=C=C=C=C.C=C=C=C=C=C=C=C.COc1ccc(-c2csc(NC(=O)COC(=O)c3ccc(Br)o3)n2)cc1. The van der Waals surface area contributed by atoms with E-state index < -0.39 is 18.5 Å². The van der Waals surface area contributed by atoms with Crippen molar-refractivity contribution in [2.75, 3.05) is 19.0 Å². The number of anilines is 1. The third-order valence-electron chi connectivity index (χ3n) is 3.79. The van der Waals surface area contributed by atoms with Crippen LogP contribution in [0.5, 0.6) is 5.75 Å². The summed E-state index contributed by atoms with van der Waals surface area (Å²) in [6.07, 6.45) is 0. The lowest BCUT2D eigenvalue weighted by atomic mass is 10.2. The molecule has 0 aliphatic heterocycles. The number of halogens is 1. The number of nitrogens with one attached hydrogen (secondary N) is 1. The van der Waals surface area contributed by atoms with Gasteiger partial charge in [-0.25, -0.2) is 9.78 Å². The van der Waals surface area contributed by atoms with Crippen LogP contribution in [0.15, 0.2) is 129 Å². The summed E-state index contributed by atoms with van der Waals surface area (Å²) in [5.41, 5.74) is 23.2. The molecule has 0 atom stereocenters. The summed E-state index contributed by atoms with van der Waals surface area (Å²) in [6, 6.07) is 10.4. The number of benzene rings is 1. The Morgan fingerprint density at radius 1 is 0.949 bits per heavy atom. The summed E-state index contributed by atoms with van der Waals surface area (Å²) < 4.78 is 15.5. The van der Waals surface area contributed by atoms with E-state index in [0.29, 0.717) is 9.80 Å². The summed E-state index contributed by atoms with van der Waals surface area (Å²) in [4.78, 5) is 28.0. The van der Waals surface area contributed by atoms with E-state index >= 15 is 0 Å². The van der Waals surface area contributed by atoms with Crippen LogP contribution in [0.3, 0.4) is 0 Å². The molecule has 3 rings (SSSR count). The molecule has 1 amide bonds. The highest BCUT2D eigenvalue weighted by atomic mass is 79.9. The molecule has 2 aromatic heterocycles. The zero-order chi connectivity index (χ0) is 28.9. The summed E-state index contributed by atoms with van der Waals surface area (Å²) in [7, 11) is 1.60. The molecule has 39 heavy (non-hydrogen) atoms. The van der Waals surface area contributed by atoms with Gasteiger partial charge in [0, 0.05) is 10.9 Å². The number of amides is 1. The molecule has 3 aromatic rings. The van der Waals surface area contributed by atoms with Gasteiger partial charge in [-0.05, 0) is 107 Å². The van der Waals surface area contributed by atoms with Crippen LogP contribution in [0.1, 0.15) is 10.6 Å². The average Bonchev–Trinajstić information content (AvgIpc) is 3.60. The Morgan fingerprint density at radius 3 is 2.05 bits per heavy atom. The second-order valence-electron chi connectivity index (χ2n) is 6.33. The molecule has 0 unspecified atom stereocenters. The molecule has 9 heteroatoms. The predicted molar refractivity (Wildman–Crippen MR) is 154 cm³/mol. The molecule has 1 N–H and O–H groups in total. The highest BCUT2D eigenvalue weighted by Crippen LogP contribution is 2.26. The number of methoxy groups -OCH3 is 1. The number of furan rings is 1. The molecule has 0 radical (unpaired) electrons. The van der Waals surface area contributed by atoms with Crippen molar-refractivity contribution in [1.82, 2.24) is 4.98 Å². The molecule has 0 aliphatic rings. The van der Waals surface area contributed by atoms with E-state index in [9.17, 15) is 9.59 Å². The van der Waals surface area contributed by atoms with Crippen molar-refractivity contribution in [3.8, 4) is 17.0 Å². The number of esters is 1. The first kappa shape index (κ1) is 31.9. The molecular formula is C30H21BrN2O5S. The molecule has 0 spiro atoms. The molecule has 0 aliphatic carbocycles. The number of rotatable bonds is 6. The van der Waals surface area contributed by atoms with Gasteiger partial charge < -0.3 is 13.9 Å². The van der Waals surface area contributed by atoms with Crippen molar-refractivity contribution < 1.29 is 23.5 Å². The van der Waals surface area contributed by atoms with E-state index in [4.69, 9.17) is 13.9 Å². The fourth-order valence-corrected chi connectivity index (χ4v) is 3.26. The monoisotopic (exact) mass is 600 g/mol. The normalized spacial score (nSPS) is 8.05. The number of aromatic nitrogens is 1. The number of hydrogen-bond acceptors (Lipinski definition) is 7. The molecular weight excluding hydrogens is 580 g/mol. The second kappa shape index (κ2) is 19.0.